The Kier molecular flexibility index (Phi) is 6.04. The molecule has 0 saturated heterocycles. The number of phenolic OH excluding ortho intramolecular Hbond substituents is 1. The Balaban J connectivity index is 1.75. The molecule has 0 unspecified atom stereocenters. The molecule has 0 aliphatic carbocycles. The third kappa shape index (κ3) is 4.49. The van der Waals surface area contributed by atoms with Crippen LogP contribution in [0.2, 0.25) is 10.0 Å². The van der Waals surface area contributed by atoms with Crippen molar-refractivity contribution in [3.05, 3.63) is 82.3 Å². The molecule has 30 heavy (non-hydrogen) atoms. The Morgan fingerprint density at radius 2 is 1.57 bits per heavy atom. The molecule has 1 N–H and O–H groups in total. The Hall–Kier alpha value is -2.86. The molecule has 1 heterocycles. The van der Waals surface area contributed by atoms with Crippen LogP contribution in [0, 0.1) is 0 Å². The van der Waals surface area contributed by atoms with E-state index >= 15 is 0 Å². The first-order valence-corrected chi connectivity index (χ1v) is 10.5. The van der Waals surface area contributed by atoms with Gasteiger partial charge < -0.3 is 9.84 Å². The first-order valence-electron chi connectivity index (χ1n) is 8.97. The molecule has 0 bridgehead atoms. The number of aromatic nitrogens is 1. The predicted molar refractivity (Wildman–Crippen MR) is 125 cm³/mol. The third-order valence-electron chi connectivity index (χ3n) is 4.37. The molecule has 4 nitrogen and oxygen atoms in total. The Morgan fingerprint density at radius 3 is 2.20 bits per heavy atom. The van der Waals surface area contributed by atoms with Gasteiger partial charge in [0.2, 0.25) is 5.13 Å². The van der Waals surface area contributed by atoms with E-state index in [0.29, 0.717) is 20.9 Å². The van der Waals surface area contributed by atoms with Crippen LogP contribution in [0.25, 0.3) is 21.7 Å². The van der Waals surface area contributed by atoms with Crippen molar-refractivity contribution in [2.45, 2.75) is 0 Å². The van der Waals surface area contributed by atoms with Crippen LogP contribution in [-0.2, 0) is 0 Å². The molecule has 0 saturated carbocycles. The number of aliphatic imine (C=N–C) groups is 1. The van der Waals surface area contributed by atoms with Gasteiger partial charge in [-0.3, -0.25) is 0 Å². The SMILES string of the molecule is COc1cc(C=Nc2nc(-c3ccc(Cl)cc3)c(-c3ccc(Cl)cc3)s2)ccc1O. The van der Waals surface area contributed by atoms with Gasteiger partial charge in [0.1, 0.15) is 0 Å². The second-order valence-corrected chi connectivity index (χ2v) is 8.23. The van der Waals surface area contributed by atoms with Gasteiger partial charge in [-0.05, 0) is 53.6 Å². The van der Waals surface area contributed by atoms with Crippen molar-refractivity contribution in [2.24, 2.45) is 4.99 Å². The van der Waals surface area contributed by atoms with Gasteiger partial charge in [0.05, 0.1) is 17.7 Å². The molecule has 4 rings (SSSR count). The normalized spacial score (nSPS) is 11.2. The number of aromatic hydroxyl groups is 1. The topological polar surface area (TPSA) is 54.7 Å². The van der Waals surface area contributed by atoms with Gasteiger partial charge in [0.25, 0.3) is 0 Å². The van der Waals surface area contributed by atoms with Gasteiger partial charge in [-0.15, -0.1) is 0 Å². The number of phenols is 1. The number of hydrogen-bond donors (Lipinski definition) is 1. The van der Waals surface area contributed by atoms with Crippen molar-refractivity contribution in [2.75, 3.05) is 7.11 Å². The predicted octanol–water partition coefficient (Wildman–Crippen LogP) is 7.25. The number of hydrogen-bond acceptors (Lipinski definition) is 5. The smallest absolute Gasteiger partial charge is 0.210 e. The van der Waals surface area contributed by atoms with Gasteiger partial charge in [-0.2, -0.15) is 0 Å². The van der Waals surface area contributed by atoms with Crippen LogP contribution in [0.5, 0.6) is 11.5 Å². The van der Waals surface area contributed by atoms with E-state index in [1.807, 2.05) is 48.5 Å². The molecule has 0 radical (unpaired) electrons. The van der Waals surface area contributed by atoms with Crippen LogP contribution in [-0.4, -0.2) is 23.4 Å². The molecule has 3 aromatic carbocycles. The van der Waals surface area contributed by atoms with E-state index in [1.165, 1.54) is 18.4 Å². The van der Waals surface area contributed by atoms with Crippen LogP contribution in [0.3, 0.4) is 0 Å². The van der Waals surface area contributed by atoms with Gasteiger partial charge in [0, 0.05) is 21.8 Å². The Bertz CT molecular complexity index is 1140. The maximum atomic E-state index is 9.75. The van der Waals surface area contributed by atoms with E-state index in [0.717, 1.165) is 27.3 Å². The quantitative estimate of drug-likeness (QED) is 0.323. The molecule has 150 valence electrons. The molecular weight excluding hydrogens is 439 g/mol. The van der Waals surface area contributed by atoms with Crippen LogP contribution >= 0.6 is 34.5 Å². The summed E-state index contributed by atoms with van der Waals surface area (Å²) in [4.78, 5) is 10.3. The molecular formula is C23H16Cl2N2O2S. The van der Waals surface area contributed by atoms with Crippen molar-refractivity contribution in [3.8, 4) is 33.2 Å². The number of halogens is 2. The number of benzene rings is 3. The summed E-state index contributed by atoms with van der Waals surface area (Å²) in [5.74, 6) is 0.473. The number of ether oxygens (including phenoxy) is 1. The summed E-state index contributed by atoms with van der Waals surface area (Å²) in [6, 6.07) is 20.2. The van der Waals surface area contributed by atoms with Crippen molar-refractivity contribution in [3.63, 3.8) is 0 Å². The van der Waals surface area contributed by atoms with E-state index in [1.54, 1.807) is 24.4 Å². The fraction of sp³-hybridized carbons (Fsp3) is 0.0435. The van der Waals surface area contributed by atoms with Gasteiger partial charge in [0.15, 0.2) is 11.5 Å². The molecule has 0 aliphatic rings. The summed E-state index contributed by atoms with van der Waals surface area (Å²) in [5.41, 5.74) is 3.58. The van der Waals surface area contributed by atoms with Crippen molar-refractivity contribution in [1.29, 1.82) is 0 Å². The molecule has 7 heteroatoms. The van der Waals surface area contributed by atoms with Crippen LogP contribution in [0.15, 0.2) is 71.7 Å². The van der Waals surface area contributed by atoms with Gasteiger partial charge >= 0.3 is 0 Å². The number of methoxy groups -OCH3 is 1. The van der Waals surface area contributed by atoms with E-state index in [4.69, 9.17) is 32.9 Å². The van der Waals surface area contributed by atoms with Crippen LogP contribution in [0.1, 0.15) is 5.56 Å². The van der Waals surface area contributed by atoms with E-state index in [-0.39, 0.29) is 5.75 Å². The van der Waals surface area contributed by atoms with Crippen molar-refractivity contribution >= 4 is 45.9 Å². The molecule has 0 fully saturated rings. The highest BCUT2D eigenvalue weighted by Gasteiger charge is 2.15. The summed E-state index contributed by atoms with van der Waals surface area (Å²) < 4.78 is 5.15. The highest BCUT2D eigenvalue weighted by atomic mass is 35.5. The lowest BCUT2D eigenvalue weighted by Crippen LogP contribution is -1.86. The summed E-state index contributed by atoms with van der Waals surface area (Å²) >= 11 is 13.6. The molecule has 4 aromatic rings. The summed E-state index contributed by atoms with van der Waals surface area (Å²) in [6.45, 7) is 0. The summed E-state index contributed by atoms with van der Waals surface area (Å²) in [6.07, 6.45) is 1.69. The highest BCUT2D eigenvalue weighted by Crippen LogP contribution is 2.40. The second kappa shape index (κ2) is 8.88. The van der Waals surface area contributed by atoms with Crippen molar-refractivity contribution < 1.29 is 9.84 Å². The first kappa shape index (κ1) is 20.4. The second-order valence-electron chi connectivity index (χ2n) is 6.38. The summed E-state index contributed by atoms with van der Waals surface area (Å²) in [7, 11) is 1.51. The molecule has 0 atom stereocenters. The third-order valence-corrected chi connectivity index (χ3v) is 5.88. The highest BCUT2D eigenvalue weighted by molar-refractivity contribution is 7.19. The minimum absolute atomic E-state index is 0.0824. The minimum atomic E-state index is 0.0824. The zero-order valence-electron chi connectivity index (χ0n) is 15.8. The lowest BCUT2D eigenvalue weighted by molar-refractivity contribution is 0.373. The molecule has 1 aromatic heterocycles. The minimum Gasteiger partial charge on any atom is -0.504 e. The lowest BCUT2D eigenvalue weighted by Gasteiger charge is -2.03. The largest absolute Gasteiger partial charge is 0.504 e. The number of thiazole rings is 1. The molecule has 0 amide bonds. The van der Waals surface area contributed by atoms with E-state index < -0.39 is 0 Å². The fourth-order valence-electron chi connectivity index (χ4n) is 2.87. The van der Waals surface area contributed by atoms with Crippen LogP contribution < -0.4 is 4.74 Å². The average Bonchev–Trinajstić information content (AvgIpc) is 3.18. The van der Waals surface area contributed by atoms with E-state index in [9.17, 15) is 5.11 Å². The zero-order valence-corrected chi connectivity index (χ0v) is 18.2. The fourth-order valence-corrected chi connectivity index (χ4v) is 4.06. The van der Waals surface area contributed by atoms with Crippen molar-refractivity contribution in [1.82, 2.24) is 4.98 Å². The maximum absolute atomic E-state index is 9.75. The first-order chi connectivity index (χ1) is 14.5. The Labute approximate surface area is 188 Å². The van der Waals surface area contributed by atoms with Crippen LogP contribution in [0.4, 0.5) is 5.13 Å². The number of rotatable bonds is 5. The van der Waals surface area contributed by atoms with Gasteiger partial charge in [-0.1, -0.05) is 58.8 Å². The standard InChI is InChI=1S/C23H16Cl2N2O2S/c1-29-20-12-14(2-11-19(20)28)13-26-23-27-21(15-3-7-17(24)8-4-15)22(30-23)16-5-9-18(25)10-6-16/h2-13,28H,1H3. The lowest BCUT2D eigenvalue weighted by atomic mass is 10.1. The zero-order chi connectivity index (χ0) is 21.1. The molecule has 0 aliphatic heterocycles. The molecule has 0 spiro atoms. The Morgan fingerprint density at radius 1 is 0.933 bits per heavy atom. The van der Waals surface area contributed by atoms with Gasteiger partial charge in [-0.25, -0.2) is 9.98 Å². The van der Waals surface area contributed by atoms with E-state index in [2.05, 4.69) is 4.99 Å². The monoisotopic (exact) mass is 454 g/mol. The maximum Gasteiger partial charge on any atom is 0.210 e. The summed E-state index contributed by atoms with van der Waals surface area (Å²) in [5, 5.41) is 11.7. The number of nitrogens with zero attached hydrogens (tertiary/aromatic N) is 2. The average molecular weight is 455 g/mol.